The molecule has 0 aliphatic carbocycles. The summed E-state index contributed by atoms with van der Waals surface area (Å²) in [5.74, 6) is 0.876. The Hall–Kier alpha value is -1.35. The Morgan fingerprint density at radius 1 is 1.15 bits per heavy atom. The summed E-state index contributed by atoms with van der Waals surface area (Å²) in [5, 5.41) is 1.06. The van der Waals surface area contributed by atoms with Gasteiger partial charge in [0.25, 0.3) is 0 Å². The first kappa shape index (κ1) is 9.73. The average Bonchev–Trinajstić information content (AvgIpc) is 2.17. The first-order valence-corrected chi connectivity index (χ1v) is 3.79. The van der Waals surface area contributed by atoms with Crippen molar-refractivity contribution in [2.45, 2.75) is 0 Å². The Bertz CT molecular complexity index is 398. The van der Waals surface area contributed by atoms with Crippen molar-refractivity contribution >= 4 is 21.9 Å². The van der Waals surface area contributed by atoms with Crippen molar-refractivity contribution < 1.29 is 4.74 Å². The van der Waals surface area contributed by atoms with Crippen molar-refractivity contribution in [1.82, 2.24) is 4.98 Å². The van der Waals surface area contributed by atoms with E-state index in [9.17, 15) is 0 Å². The van der Waals surface area contributed by atoms with E-state index in [1.807, 2.05) is 30.3 Å². The van der Waals surface area contributed by atoms with Gasteiger partial charge in [0.05, 0.1) is 12.6 Å². The lowest BCUT2D eigenvalue weighted by Crippen LogP contribution is -1.85. The molecule has 64 valence electrons. The zero-order valence-corrected chi connectivity index (χ0v) is 8.32. The fraction of sp³-hybridized carbons (Fsp3) is 0.100. The van der Waals surface area contributed by atoms with Crippen LogP contribution in [0.2, 0.25) is 0 Å². The van der Waals surface area contributed by atoms with Crippen LogP contribution in [0.25, 0.3) is 10.9 Å². The minimum atomic E-state index is 0. The third kappa shape index (κ3) is 1.70. The molecule has 0 bridgehead atoms. The predicted octanol–water partition coefficient (Wildman–Crippen LogP) is 1.86. The van der Waals surface area contributed by atoms with Gasteiger partial charge in [0.1, 0.15) is 5.75 Å². The molecule has 0 spiro atoms. The molecule has 0 fully saturated rings. The molecule has 2 nitrogen and oxygen atoms in total. The third-order valence-electron chi connectivity index (χ3n) is 1.83. The van der Waals surface area contributed by atoms with E-state index in [0.29, 0.717) is 0 Å². The highest BCUT2D eigenvalue weighted by Crippen LogP contribution is 2.22. The van der Waals surface area contributed by atoms with Gasteiger partial charge in [-0.2, -0.15) is 0 Å². The molecule has 0 atom stereocenters. The van der Waals surface area contributed by atoms with Crippen LogP contribution in [0.5, 0.6) is 5.75 Å². The normalized spacial score (nSPS) is 9.31. The zero-order chi connectivity index (χ0) is 8.39. The molecule has 0 N–H and O–H groups in total. The Morgan fingerprint density at radius 3 is 2.77 bits per heavy atom. The second-order valence-corrected chi connectivity index (χ2v) is 2.53. The largest absolute Gasteiger partial charge is 0.496 e. The highest BCUT2D eigenvalue weighted by atomic mass is 28.1. The molecule has 2 rings (SSSR count). The molecule has 0 amide bonds. The van der Waals surface area contributed by atoms with Crippen LogP contribution in [0.3, 0.4) is 0 Å². The highest BCUT2D eigenvalue weighted by Gasteiger charge is 1.98. The molecule has 0 saturated carbocycles. The predicted molar refractivity (Wildman–Crippen MR) is 54.0 cm³/mol. The molecular formula is C10H9NOSi. The summed E-state index contributed by atoms with van der Waals surface area (Å²) in [4.78, 5) is 4.21. The molecule has 0 saturated heterocycles. The summed E-state index contributed by atoms with van der Waals surface area (Å²) in [6, 6.07) is 9.75. The quantitative estimate of drug-likeness (QED) is 0.636. The second-order valence-electron chi connectivity index (χ2n) is 2.53. The van der Waals surface area contributed by atoms with Crippen LogP contribution in [-0.4, -0.2) is 23.1 Å². The fourth-order valence-corrected chi connectivity index (χ4v) is 1.25. The highest BCUT2D eigenvalue weighted by molar-refractivity contribution is 5.84. The smallest absolute Gasteiger partial charge is 0.128 e. The van der Waals surface area contributed by atoms with Crippen LogP contribution in [0, 0.1) is 0 Å². The maximum Gasteiger partial charge on any atom is 0.128 e. The van der Waals surface area contributed by atoms with Crippen LogP contribution < -0.4 is 4.74 Å². The Balaban J connectivity index is 0.000000845. The number of fused-ring (bicyclic) bond motifs is 1. The Morgan fingerprint density at radius 2 is 2.00 bits per heavy atom. The van der Waals surface area contributed by atoms with Gasteiger partial charge in [-0.1, -0.05) is 6.07 Å². The van der Waals surface area contributed by atoms with Gasteiger partial charge in [-0.3, -0.25) is 4.98 Å². The first-order valence-electron chi connectivity index (χ1n) is 3.79. The van der Waals surface area contributed by atoms with Gasteiger partial charge in [-0.25, -0.2) is 0 Å². The topological polar surface area (TPSA) is 22.1 Å². The maximum atomic E-state index is 5.19. The summed E-state index contributed by atoms with van der Waals surface area (Å²) >= 11 is 0. The number of pyridine rings is 1. The van der Waals surface area contributed by atoms with E-state index < -0.39 is 0 Å². The van der Waals surface area contributed by atoms with E-state index in [0.717, 1.165) is 16.7 Å². The standard InChI is InChI=1S/C10H9NO.Si/c1-12-10-6-2-5-9-8(10)4-3-7-11-9;/h2-7H,1H3;. The molecule has 0 aliphatic heterocycles. The van der Waals surface area contributed by atoms with Crippen LogP contribution in [0.1, 0.15) is 0 Å². The van der Waals surface area contributed by atoms with Gasteiger partial charge in [-0.15, -0.1) is 0 Å². The molecule has 1 heterocycles. The van der Waals surface area contributed by atoms with Crippen LogP contribution in [0.15, 0.2) is 36.5 Å². The fourth-order valence-electron chi connectivity index (χ4n) is 1.25. The van der Waals surface area contributed by atoms with Gasteiger partial charge >= 0.3 is 0 Å². The van der Waals surface area contributed by atoms with Gasteiger partial charge in [-0.05, 0) is 24.3 Å². The molecule has 1 aromatic carbocycles. The van der Waals surface area contributed by atoms with E-state index in [1.165, 1.54) is 0 Å². The first-order chi connectivity index (χ1) is 5.92. The molecule has 0 aliphatic rings. The number of hydrogen-bond donors (Lipinski definition) is 0. The molecule has 1 aromatic heterocycles. The molecule has 13 heavy (non-hydrogen) atoms. The zero-order valence-electron chi connectivity index (χ0n) is 7.32. The number of hydrogen-bond acceptors (Lipinski definition) is 2. The summed E-state index contributed by atoms with van der Waals surface area (Å²) in [6.45, 7) is 0. The minimum Gasteiger partial charge on any atom is -0.496 e. The van der Waals surface area contributed by atoms with E-state index in [-0.39, 0.29) is 11.0 Å². The van der Waals surface area contributed by atoms with Gasteiger partial charge in [0.15, 0.2) is 0 Å². The number of methoxy groups -OCH3 is 1. The van der Waals surface area contributed by atoms with Crippen molar-refractivity contribution in [3.63, 3.8) is 0 Å². The van der Waals surface area contributed by atoms with Crippen molar-refractivity contribution in [1.29, 1.82) is 0 Å². The number of rotatable bonds is 1. The monoisotopic (exact) mass is 187 g/mol. The van der Waals surface area contributed by atoms with Crippen molar-refractivity contribution in [3.8, 4) is 5.75 Å². The molecule has 3 heteroatoms. The summed E-state index contributed by atoms with van der Waals surface area (Å²) in [7, 11) is 1.67. The Labute approximate surface area is 81.6 Å². The second kappa shape index (κ2) is 4.05. The lowest BCUT2D eigenvalue weighted by Gasteiger charge is -2.02. The van der Waals surface area contributed by atoms with Gasteiger partial charge in [0, 0.05) is 22.5 Å². The summed E-state index contributed by atoms with van der Waals surface area (Å²) in [5.41, 5.74) is 0.969. The van der Waals surface area contributed by atoms with Crippen LogP contribution >= 0.6 is 0 Å². The Kier molecular flexibility index (Phi) is 3.03. The maximum absolute atomic E-state index is 5.19. The summed E-state index contributed by atoms with van der Waals surface area (Å²) in [6.07, 6.45) is 1.78. The number of ether oxygens (including phenoxy) is 1. The van der Waals surface area contributed by atoms with Crippen molar-refractivity contribution in [2.24, 2.45) is 0 Å². The van der Waals surface area contributed by atoms with E-state index in [4.69, 9.17) is 4.74 Å². The molecule has 2 aromatic rings. The van der Waals surface area contributed by atoms with Crippen molar-refractivity contribution in [3.05, 3.63) is 36.5 Å². The SMILES string of the molecule is COc1cccc2ncccc12.[Si]. The van der Waals surface area contributed by atoms with E-state index >= 15 is 0 Å². The number of nitrogens with zero attached hydrogens (tertiary/aromatic N) is 1. The third-order valence-corrected chi connectivity index (χ3v) is 1.83. The lowest BCUT2D eigenvalue weighted by atomic mass is 10.2. The van der Waals surface area contributed by atoms with Gasteiger partial charge < -0.3 is 4.74 Å². The molecule has 0 unspecified atom stereocenters. The van der Waals surface area contributed by atoms with E-state index in [2.05, 4.69) is 4.98 Å². The molecule has 4 radical (unpaired) electrons. The van der Waals surface area contributed by atoms with Crippen LogP contribution in [0.4, 0.5) is 0 Å². The minimum absolute atomic E-state index is 0. The number of aromatic nitrogens is 1. The van der Waals surface area contributed by atoms with E-state index in [1.54, 1.807) is 13.3 Å². The van der Waals surface area contributed by atoms with Gasteiger partial charge in [0.2, 0.25) is 0 Å². The molecular weight excluding hydrogens is 178 g/mol. The summed E-state index contributed by atoms with van der Waals surface area (Å²) < 4.78 is 5.19. The van der Waals surface area contributed by atoms with Crippen LogP contribution in [-0.2, 0) is 0 Å². The number of benzene rings is 1. The average molecular weight is 187 g/mol. The van der Waals surface area contributed by atoms with Crippen molar-refractivity contribution in [2.75, 3.05) is 7.11 Å². The lowest BCUT2D eigenvalue weighted by molar-refractivity contribution is 0.420.